The summed E-state index contributed by atoms with van der Waals surface area (Å²) in [5.74, 6) is 0.939. The Balaban J connectivity index is 1.83. The van der Waals surface area contributed by atoms with E-state index in [4.69, 9.17) is 0 Å². The number of rotatable bonds is 1. The third-order valence-corrected chi connectivity index (χ3v) is 4.80. The average Bonchev–Trinajstić information content (AvgIpc) is 2.92. The van der Waals surface area contributed by atoms with E-state index in [1.165, 1.54) is 0 Å². The molecule has 0 spiro atoms. The Morgan fingerprint density at radius 2 is 1.89 bits per heavy atom. The number of hydrogen-bond acceptors (Lipinski definition) is 2. The summed E-state index contributed by atoms with van der Waals surface area (Å²) in [5.41, 5.74) is 2.93. The van der Waals surface area contributed by atoms with Crippen LogP contribution in [0.25, 0.3) is 0 Å². The van der Waals surface area contributed by atoms with E-state index in [0.717, 1.165) is 42.6 Å². The van der Waals surface area contributed by atoms with Crippen LogP contribution in [-0.2, 0) is 0 Å². The van der Waals surface area contributed by atoms with Crippen molar-refractivity contribution in [2.24, 2.45) is 11.8 Å². The van der Waals surface area contributed by atoms with Gasteiger partial charge in [-0.1, -0.05) is 18.2 Å². The first kappa shape index (κ1) is 12.7. The highest BCUT2D eigenvalue weighted by atomic mass is 16.3. The van der Waals surface area contributed by atoms with Gasteiger partial charge < -0.3 is 10.0 Å². The van der Waals surface area contributed by atoms with Crippen LogP contribution in [-0.4, -0.2) is 35.1 Å². The van der Waals surface area contributed by atoms with Crippen molar-refractivity contribution >= 4 is 5.91 Å². The van der Waals surface area contributed by atoms with Gasteiger partial charge in [-0.15, -0.1) is 0 Å². The Bertz CT molecular complexity index is 491. The number of likely N-dealkylation sites (tertiary alicyclic amines) is 1. The van der Waals surface area contributed by atoms with Crippen LogP contribution in [0.2, 0.25) is 0 Å². The molecule has 0 bridgehead atoms. The van der Waals surface area contributed by atoms with E-state index in [1.807, 2.05) is 36.9 Å². The summed E-state index contributed by atoms with van der Waals surface area (Å²) in [5, 5.41) is 9.94. The number of benzene rings is 1. The van der Waals surface area contributed by atoms with E-state index in [2.05, 4.69) is 0 Å². The number of fused-ring (bicyclic) bond motifs is 1. The van der Waals surface area contributed by atoms with Crippen LogP contribution in [0.15, 0.2) is 18.2 Å². The molecule has 1 aromatic rings. The van der Waals surface area contributed by atoms with E-state index in [-0.39, 0.29) is 12.0 Å². The van der Waals surface area contributed by atoms with Crippen LogP contribution in [0.5, 0.6) is 0 Å². The Morgan fingerprint density at radius 1 is 1.21 bits per heavy atom. The lowest BCUT2D eigenvalue weighted by molar-refractivity contribution is 0.0751. The SMILES string of the molecule is Cc1cccc(C)c1C(=O)N1CC2CCC(O)C2C1. The summed E-state index contributed by atoms with van der Waals surface area (Å²) in [7, 11) is 0. The fraction of sp³-hybridized carbons (Fsp3) is 0.562. The van der Waals surface area contributed by atoms with Crippen molar-refractivity contribution < 1.29 is 9.90 Å². The maximum atomic E-state index is 12.7. The van der Waals surface area contributed by atoms with E-state index >= 15 is 0 Å². The minimum absolute atomic E-state index is 0.136. The van der Waals surface area contributed by atoms with Gasteiger partial charge in [0.15, 0.2) is 0 Å². The number of aliphatic hydroxyl groups excluding tert-OH is 1. The maximum Gasteiger partial charge on any atom is 0.254 e. The van der Waals surface area contributed by atoms with E-state index in [0.29, 0.717) is 11.8 Å². The minimum Gasteiger partial charge on any atom is -0.393 e. The Hall–Kier alpha value is -1.35. The van der Waals surface area contributed by atoms with Gasteiger partial charge in [0.2, 0.25) is 0 Å². The molecular formula is C16H21NO2. The zero-order chi connectivity index (χ0) is 13.6. The monoisotopic (exact) mass is 259 g/mol. The first-order chi connectivity index (χ1) is 9.08. The first-order valence-corrected chi connectivity index (χ1v) is 7.11. The maximum absolute atomic E-state index is 12.7. The van der Waals surface area contributed by atoms with Crippen LogP contribution in [0.4, 0.5) is 0 Å². The van der Waals surface area contributed by atoms with Gasteiger partial charge in [-0.05, 0) is 43.7 Å². The molecular weight excluding hydrogens is 238 g/mol. The molecule has 3 heteroatoms. The molecule has 102 valence electrons. The largest absolute Gasteiger partial charge is 0.393 e. The number of amides is 1. The Labute approximate surface area is 114 Å². The minimum atomic E-state index is -0.208. The molecule has 3 atom stereocenters. The van der Waals surface area contributed by atoms with Gasteiger partial charge in [-0.25, -0.2) is 0 Å². The van der Waals surface area contributed by atoms with Gasteiger partial charge in [0.1, 0.15) is 0 Å². The number of hydrogen-bond donors (Lipinski definition) is 1. The third kappa shape index (κ3) is 2.06. The van der Waals surface area contributed by atoms with Crippen LogP contribution in [0.3, 0.4) is 0 Å². The van der Waals surface area contributed by atoms with Crippen LogP contribution >= 0.6 is 0 Å². The highest BCUT2D eigenvalue weighted by molar-refractivity contribution is 5.97. The summed E-state index contributed by atoms with van der Waals surface area (Å²) >= 11 is 0. The lowest BCUT2D eigenvalue weighted by Gasteiger charge is -2.20. The summed E-state index contributed by atoms with van der Waals surface area (Å²) in [6.45, 7) is 5.52. The standard InChI is InChI=1S/C16H21NO2/c1-10-4-3-5-11(2)15(10)16(19)17-8-12-6-7-14(18)13(12)9-17/h3-5,12-14,18H,6-9H2,1-2H3. The molecule has 19 heavy (non-hydrogen) atoms. The highest BCUT2D eigenvalue weighted by Crippen LogP contribution is 2.38. The molecule has 1 aliphatic heterocycles. The van der Waals surface area contributed by atoms with Crippen LogP contribution in [0, 0.1) is 25.7 Å². The van der Waals surface area contributed by atoms with Gasteiger partial charge in [-0.2, -0.15) is 0 Å². The molecule has 3 unspecified atom stereocenters. The Kier molecular flexibility index (Phi) is 3.09. The molecule has 1 heterocycles. The molecule has 0 radical (unpaired) electrons. The Morgan fingerprint density at radius 3 is 2.53 bits per heavy atom. The van der Waals surface area contributed by atoms with E-state index in [9.17, 15) is 9.90 Å². The summed E-state index contributed by atoms with van der Waals surface area (Å²) in [4.78, 5) is 14.6. The van der Waals surface area contributed by atoms with Crippen molar-refractivity contribution in [2.75, 3.05) is 13.1 Å². The number of aliphatic hydroxyl groups is 1. The van der Waals surface area contributed by atoms with Gasteiger partial charge in [0.05, 0.1) is 6.10 Å². The third-order valence-electron chi connectivity index (χ3n) is 4.80. The molecule has 1 saturated heterocycles. The zero-order valence-electron chi connectivity index (χ0n) is 11.6. The fourth-order valence-electron chi connectivity index (χ4n) is 3.71. The van der Waals surface area contributed by atoms with Crippen molar-refractivity contribution in [2.45, 2.75) is 32.8 Å². The number of nitrogens with zero attached hydrogens (tertiary/aromatic N) is 1. The molecule has 2 aliphatic rings. The normalized spacial score (nSPS) is 29.6. The second-order valence-corrected chi connectivity index (χ2v) is 6.05. The van der Waals surface area contributed by atoms with E-state index in [1.54, 1.807) is 0 Å². The second kappa shape index (κ2) is 4.64. The van der Waals surface area contributed by atoms with Crippen molar-refractivity contribution in [1.82, 2.24) is 4.90 Å². The number of aryl methyl sites for hydroxylation is 2. The summed E-state index contributed by atoms with van der Waals surface area (Å²) in [6, 6.07) is 5.97. The molecule has 1 amide bonds. The predicted octanol–water partition coefficient (Wildman–Crippen LogP) is 2.15. The van der Waals surface area contributed by atoms with Crippen molar-refractivity contribution in [3.05, 3.63) is 34.9 Å². The second-order valence-electron chi connectivity index (χ2n) is 6.05. The predicted molar refractivity (Wildman–Crippen MR) is 74.0 cm³/mol. The topological polar surface area (TPSA) is 40.5 Å². The summed E-state index contributed by atoms with van der Waals surface area (Å²) in [6.07, 6.45) is 1.75. The molecule has 1 N–H and O–H groups in total. The lowest BCUT2D eigenvalue weighted by Crippen LogP contribution is -2.32. The van der Waals surface area contributed by atoms with Crippen molar-refractivity contribution in [3.8, 4) is 0 Å². The summed E-state index contributed by atoms with van der Waals surface area (Å²) < 4.78 is 0. The first-order valence-electron chi connectivity index (χ1n) is 7.11. The van der Waals surface area contributed by atoms with Crippen molar-refractivity contribution in [1.29, 1.82) is 0 Å². The molecule has 3 rings (SSSR count). The zero-order valence-corrected chi connectivity index (χ0v) is 11.6. The average molecular weight is 259 g/mol. The molecule has 2 fully saturated rings. The quantitative estimate of drug-likeness (QED) is 0.839. The molecule has 0 aromatic heterocycles. The van der Waals surface area contributed by atoms with Crippen molar-refractivity contribution in [3.63, 3.8) is 0 Å². The molecule has 3 nitrogen and oxygen atoms in total. The number of carbonyl (C=O) groups excluding carboxylic acids is 1. The number of carbonyl (C=O) groups is 1. The van der Waals surface area contributed by atoms with Gasteiger partial charge in [-0.3, -0.25) is 4.79 Å². The van der Waals surface area contributed by atoms with Crippen LogP contribution in [0.1, 0.15) is 34.3 Å². The van der Waals surface area contributed by atoms with Crippen LogP contribution < -0.4 is 0 Å². The molecule has 1 saturated carbocycles. The molecule has 1 aliphatic carbocycles. The van der Waals surface area contributed by atoms with Gasteiger partial charge in [0.25, 0.3) is 5.91 Å². The lowest BCUT2D eigenvalue weighted by atomic mass is 10.00. The van der Waals surface area contributed by atoms with Gasteiger partial charge in [0, 0.05) is 24.6 Å². The highest BCUT2D eigenvalue weighted by Gasteiger charge is 2.43. The van der Waals surface area contributed by atoms with Gasteiger partial charge >= 0.3 is 0 Å². The smallest absolute Gasteiger partial charge is 0.254 e. The van der Waals surface area contributed by atoms with E-state index < -0.39 is 0 Å². The fourth-order valence-corrected chi connectivity index (χ4v) is 3.71. The molecule has 1 aromatic carbocycles.